The van der Waals surface area contributed by atoms with Crippen LogP contribution in [0.15, 0.2) is 41.7 Å². The lowest BCUT2D eigenvalue weighted by Gasteiger charge is -2.29. The van der Waals surface area contributed by atoms with Crippen molar-refractivity contribution >= 4 is 40.9 Å². The van der Waals surface area contributed by atoms with Gasteiger partial charge in [0.15, 0.2) is 10.8 Å². The maximum atomic E-state index is 12.7. The second-order valence-corrected chi connectivity index (χ2v) is 7.21. The van der Waals surface area contributed by atoms with Crippen molar-refractivity contribution in [1.82, 2.24) is 20.4 Å². The van der Waals surface area contributed by atoms with Crippen molar-refractivity contribution < 1.29 is 19.1 Å². The summed E-state index contributed by atoms with van der Waals surface area (Å²) in [6, 6.07) is 6.23. The predicted molar refractivity (Wildman–Crippen MR) is 115 cm³/mol. The van der Waals surface area contributed by atoms with Crippen molar-refractivity contribution in [2.75, 3.05) is 13.2 Å². The quantitative estimate of drug-likeness (QED) is 0.514. The molecule has 2 heterocycles. The number of ether oxygens (including phenoxy) is 2. The summed E-state index contributed by atoms with van der Waals surface area (Å²) < 4.78 is 11.9. The highest BCUT2D eigenvalue weighted by molar-refractivity contribution is 7.80. The van der Waals surface area contributed by atoms with Crippen LogP contribution in [0.5, 0.6) is 0 Å². The summed E-state index contributed by atoms with van der Waals surface area (Å²) in [5, 5.41) is 11.3. The van der Waals surface area contributed by atoms with Gasteiger partial charge in [0.2, 0.25) is 0 Å². The third kappa shape index (κ3) is 4.47. The molecule has 1 atom stereocenters. The fourth-order valence-electron chi connectivity index (χ4n) is 3.09. The summed E-state index contributed by atoms with van der Waals surface area (Å²) in [5.41, 5.74) is 2.05. The molecule has 2 N–H and O–H groups in total. The van der Waals surface area contributed by atoms with Gasteiger partial charge in [0, 0.05) is 22.5 Å². The Kier molecular flexibility index (Phi) is 6.73. The minimum atomic E-state index is -0.738. The van der Waals surface area contributed by atoms with Crippen molar-refractivity contribution in [2.45, 2.75) is 26.8 Å². The monoisotopic (exact) mass is 448 g/mol. The van der Waals surface area contributed by atoms with Gasteiger partial charge >= 0.3 is 11.9 Å². The Hall–Kier alpha value is -2.91. The minimum absolute atomic E-state index is 0.0728. The molecule has 0 radical (unpaired) electrons. The van der Waals surface area contributed by atoms with Crippen LogP contribution >= 0.6 is 23.8 Å². The number of benzene rings is 1. The van der Waals surface area contributed by atoms with Gasteiger partial charge in [0.05, 0.1) is 30.5 Å². The fourth-order valence-corrected chi connectivity index (χ4v) is 3.49. The molecule has 8 nitrogen and oxygen atoms in total. The van der Waals surface area contributed by atoms with Gasteiger partial charge in [-0.2, -0.15) is 5.10 Å². The van der Waals surface area contributed by atoms with Gasteiger partial charge in [-0.1, -0.05) is 11.6 Å². The molecule has 0 spiro atoms. The maximum absolute atomic E-state index is 12.7. The number of nitrogens with one attached hydrogen (secondary N) is 2. The zero-order valence-electron chi connectivity index (χ0n) is 16.7. The Morgan fingerprint density at radius 2 is 1.80 bits per heavy atom. The molecule has 30 heavy (non-hydrogen) atoms. The van der Waals surface area contributed by atoms with Gasteiger partial charge in [-0.15, -0.1) is 0 Å². The SMILES string of the molecule is CCOC(=O)C1=C(C)NC(=S)N[C@@H]1c1cn(-c2ccc(Cl)cc2)nc1C(=O)OCC. The van der Waals surface area contributed by atoms with Crippen LogP contribution in [0.3, 0.4) is 0 Å². The van der Waals surface area contributed by atoms with E-state index in [0.29, 0.717) is 32.7 Å². The lowest BCUT2D eigenvalue weighted by atomic mass is 9.96. The minimum Gasteiger partial charge on any atom is -0.463 e. The standard InChI is InChI=1S/C20H21ClN4O4S/c1-4-28-18(26)15-11(3)22-20(30)23-16(15)14-10-25(13-8-6-12(21)7-9-13)24-17(14)19(27)29-5-2/h6-10,16H,4-5H2,1-3H3,(H2,22,23,30)/t16-/m1/s1. The molecule has 10 heteroatoms. The van der Waals surface area contributed by atoms with Crippen LogP contribution in [-0.2, 0) is 14.3 Å². The molecule has 0 unspecified atom stereocenters. The highest BCUT2D eigenvalue weighted by atomic mass is 35.5. The van der Waals surface area contributed by atoms with Gasteiger partial charge in [-0.05, 0) is 57.3 Å². The molecule has 0 amide bonds. The summed E-state index contributed by atoms with van der Waals surface area (Å²) >= 11 is 11.2. The van der Waals surface area contributed by atoms with Crippen molar-refractivity contribution in [3.63, 3.8) is 0 Å². The summed E-state index contributed by atoms with van der Waals surface area (Å²) in [6.45, 7) is 5.55. The number of allylic oxidation sites excluding steroid dienone is 1. The smallest absolute Gasteiger partial charge is 0.359 e. The normalized spacial score (nSPS) is 16.0. The van der Waals surface area contributed by atoms with Gasteiger partial charge in [-0.25, -0.2) is 14.3 Å². The maximum Gasteiger partial charge on any atom is 0.359 e. The number of carbonyl (C=O) groups is 2. The molecular weight excluding hydrogens is 428 g/mol. The van der Waals surface area contributed by atoms with Crippen LogP contribution in [0.1, 0.15) is 42.9 Å². The van der Waals surface area contributed by atoms with Crippen molar-refractivity contribution in [3.8, 4) is 5.69 Å². The summed E-state index contributed by atoms with van der Waals surface area (Å²) in [4.78, 5) is 25.3. The third-order valence-corrected chi connectivity index (χ3v) is 4.85. The van der Waals surface area contributed by atoms with E-state index in [2.05, 4.69) is 15.7 Å². The van der Waals surface area contributed by atoms with Crippen LogP contribution in [0, 0.1) is 0 Å². The third-order valence-electron chi connectivity index (χ3n) is 4.38. The number of rotatable bonds is 6. The Morgan fingerprint density at radius 1 is 1.17 bits per heavy atom. The van der Waals surface area contributed by atoms with E-state index < -0.39 is 18.0 Å². The second-order valence-electron chi connectivity index (χ2n) is 6.37. The van der Waals surface area contributed by atoms with Crippen LogP contribution in [-0.4, -0.2) is 40.0 Å². The first-order chi connectivity index (χ1) is 14.3. The van der Waals surface area contributed by atoms with E-state index in [1.165, 1.54) is 4.68 Å². The van der Waals surface area contributed by atoms with Crippen molar-refractivity contribution in [3.05, 3.63) is 58.0 Å². The molecule has 0 bridgehead atoms. The molecule has 0 saturated carbocycles. The van der Waals surface area contributed by atoms with Gasteiger partial charge in [0.25, 0.3) is 0 Å². The van der Waals surface area contributed by atoms with E-state index in [9.17, 15) is 9.59 Å². The predicted octanol–water partition coefficient (Wildman–Crippen LogP) is 3.06. The number of thiocarbonyl (C=S) groups is 1. The molecule has 1 aromatic heterocycles. The first-order valence-electron chi connectivity index (χ1n) is 9.33. The number of aromatic nitrogens is 2. The number of hydrogen-bond acceptors (Lipinski definition) is 6. The summed E-state index contributed by atoms with van der Waals surface area (Å²) in [5.74, 6) is -1.12. The largest absolute Gasteiger partial charge is 0.463 e. The Labute approximate surface area is 184 Å². The molecule has 3 rings (SSSR count). The van der Waals surface area contributed by atoms with Gasteiger partial charge in [-0.3, -0.25) is 0 Å². The molecule has 0 fully saturated rings. The molecule has 158 valence electrons. The van der Waals surface area contributed by atoms with E-state index in [1.807, 2.05) is 0 Å². The molecular formula is C20H21ClN4O4S. The first-order valence-corrected chi connectivity index (χ1v) is 10.1. The van der Waals surface area contributed by atoms with E-state index >= 15 is 0 Å². The molecule has 0 saturated heterocycles. The number of esters is 2. The van der Waals surface area contributed by atoms with Crippen LogP contribution < -0.4 is 10.6 Å². The molecule has 0 aliphatic carbocycles. The Balaban J connectivity index is 2.14. The van der Waals surface area contributed by atoms with E-state index in [4.69, 9.17) is 33.3 Å². The van der Waals surface area contributed by atoms with E-state index in [0.717, 1.165) is 0 Å². The zero-order valence-corrected chi connectivity index (χ0v) is 18.3. The fraction of sp³-hybridized carbons (Fsp3) is 0.300. The van der Waals surface area contributed by atoms with Crippen molar-refractivity contribution in [1.29, 1.82) is 0 Å². The van der Waals surface area contributed by atoms with Crippen molar-refractivity contribution in [2.24, 2.45) is 0 Å². The average molecular weight is 449 g/mol. The van der Waals surface area contributed by atoms with Gasteiger partial charge in [0.1, 0.15) is 0 Å². The average Bonchev–Trinajstić information content (AvgIpc) is 3.13. The molecule has 1 aliphatic rings. The first kappa shape index (κ1) is 21.8. The topological polar surface area (TPSA) is 94.5 Å². The van der Waals surface area contributed by atoms with Crippen LogP contribution in [0.4, 0.5) is 0 Å². The molecule has 2 aromatic rings. The van der Waals surface area contributed by atoms with Crippen LogP contribution in [0.2, 0.25) is 5.02 Å². The number of halogens is 1. The molecule has 1 aliphatic heterocycles. The zero-order chi connectivity index (χ0) is 21.8. The highest BCUT2D eigenvalue weighted by Crippen LogP contribution is 2.31. The number of nitrogens with zero attached hydrogens (tertiary/aromatic N) is 2. The number of carbonyl (C=O) groups excluding carboxylic acids is 2. The highest BCUT2D eigenvalue weighted by Gasteiger charge is 2.35. The lowest BCUT2D eigenvalue weighted by molar-refractivity contribution is -0.139. The Bertz CT molecular complexity index is 1020. The van der Waals surface area contributed by atoms with E-state index in [1.54, 1.807) is 51.2 Å². The Morgan fingerprint density at radius 3 is 2.43 bits per heavy atom. The summed E-state index contributed by atoms with van der Waals surface area (Å²) in [6.07, 6.45) is 1.66. The second kappa shape index (κ2) is 9.27. The number of hydrogen-bond donors (Lipinski definition) is 2. The van der Waals surface area contributed by atoms with Crippen LogP contribution in [0.25, 0.3) is 5.69 Å². The van der Waals surface area contributed by atoms with E-state index in [-0.39, 0.29) is 18.9 Å². The summed E-state index contributed by atoms with van der Waals surface area (Å²) in [7, 11) is 0. The van der Waals surface area contributed by atoms with Gasteiger partial charge < -0.3 is 20.1 Å². The lowest BCUT2D eigenvalue weighted by Crippen LogP contribution is -2.45. The molecule has 1 aromatic carbocycles.